The number of rotatable bonds is 6. The second-order valence-corrected chi connectivity index (χ2v) is 9.11. The molecule has 0 radical (unpaired) electrons. The lowest BCUT2D eigenvalue weighted by molar-refractivity contribution is -0.124. The van der Waals surface area contributed by atoms with Crippen molar-refractivity contribution in [3.8, 4) is 16.9 Å². The van der Waals surface area contributed by atoms with Crippen molar-refractivity contribution in [3.05, 3.63) is 96.4 Å². The minimum atomic E-state index is -0.501. The summed E-state index contributed by atoms with van der Waals surface area (Å²) in [4.78, 5) is 26.1. The molecule has 8 heteroatoms. The van der Waals surface area contributed by atoms with Gasteiger partial charge in [-0.15, -0.1) is 11.8 Å². The van der Waals surface area contributed by atoms with Crippen molar-refractivity contribution in [1.29, 1.82) is 0 Å². The van der Waals surface area contributed by atoms with Gasteiger partial charge in [-0.3, -0.25) is 9.59 Å². The third kappa shape index (κ3) is 4.72. The van der Waals surface area contributed by atoms with Crippen LogP contribution in [0.25, 0.3) is 16.9 Å². The number of fused-ring (bicyclic) bond motifs is 1. The molecule has 0 spiro atoms. The SMILES string of the molecule is O=C(CC1Sc2ccccc2NC1=O)NCc1cn(-c2ccccc2)nc1-c1ccc(F)cc1. The highest BCUT2D eigenvalue weighted by Gasteiger charge is 2.28. The minimum absolute atomic E-state index is 0.0591. The topological polar surface area (TPSA) is 76.0 Å². The molecule has 0 saturated carbocycles. The Hall–Kier alpha value is -3.91. The number of carbonyl (C=O) groups excluding carboxylic acids is 2. The standard InChI is InChI=1S/C26H21FN4O2S/c27-19-12-10-17(11-13-19)25-18(16-31(30-25)20-6-2-1-3-7-20)15-28-24(32)14-23-26(33)29-21-8-4-5-9-22(21)34-23/h1-13,16,23H,14-15H2,(H,28,32)(H,29,33). The average molecular weight is 473 g/mol. The van der Waals surface area contributed by atoms with Crippen molar-refractivity contribution >= 4 is 29.3 Å². The Morgan fingerprint density at radius 1 is 1.03 bits per heavy atom. The van der Waals surface area contributed by atoms with Crippen LogP contribution < -0.4 is 10.6 Å². The number of carbonyl (C=O) groups is 2. The first-order chi connectivity index (χ1) is 16.6. The molecule has 2 N–H and O–H groups in total. The maximum absolute atomic E-state index is 13.5. The lowest BCUT2D eigenvalue weighted by Gasteiger charge is -2.23. The number of aromatic nitrogens is 2. The van der Waals surface area contributed by atoms with E-state index < -0.39 is 5.25 Å². The van der Waals surface area contributed by atoms with E-state index >= 15 is 0 Å². The van der Waals surface area contributed by atoms with Gasteiger partial charge in [-0.2, -0.15) is 5.10 Å². The number of hydrogen-bond donors (Lipinski definition) is 2. The maximum Gasteiger partial charge on any atom is 0.238 e. The van der Waals surface area contributed by atoms with Gasteiger partial charge in [0.2, 0.25) is 11.8 Å². The predicted octanol–water partition coefficient (Wildman–Crippen LogP) is 4.80. The number of halogens is 1. The van der Waals surface area contributed by atoms with Gasteiger partial charge < -0.3 is 10.6 Å². The fourth-order valence-corrected chi connectivity index (χ4v) is 4.87. The van der Waals surface area contributed by atoms with Gasteiger partial charge in [0, 0.05) is 35.2 Å². The summed E-state index contributed by atoms with van der Waals surface area (Å²) in [5.41, 5.74) is 3.83. The molecule has 1 unspecified atom stereocenters. The van der Waals surface area contributed by atoms with Gasteiger partial charge in [0.1, 0.15) is 5.82 Å². The zero-order valence-electron chi connectivity index (χ0n) is 18.1. The van der Waals surface area contributed by atoms with E-state index in [-0.39, 0.29) is 30.6 Å². The van der Waals surface area contributed by atoms with E-state index in [4.69, 9.17) is 0 Å². The van der Waals surface area contributed by atoms with Crippen LogP contribution in [0.4, 0.5) is 10.1 Å². The number of anilines is 1. The molecule has 2 amide bonds. The van der Waals surface area contributed by atoms with Crippen LogP contribution in [-0.4, -0.2) is 26.8 Å². The zero-order valence-corrected chi connectivity index (χ0v) is 18.9. The second kappa shape index (κ2) is 9.52. The van der Waals surface area contributed by atoms with Crippen molar-refractivity contribution in [2.75, 3.05) is 5.32 Å². The van der Waals surface area contributed by atoms with E-state index in [0.717, 1.165) is 27.4 Å². The Labute approximate surface area is 200 Å². The molecule has 0 bridgehead atoms. The molecule has 0 aliphatic carbocycles. The quantitative estimate of drug-likeness (QED) is 0.423. The summed E-state index contributed by atoms with van der Waals surface area (Å²) in [5, 5.41) is 9.96. The molecule has 34 heavy (non-hydrogen) atoms. The van der Waals surface area contributed by atoms with Gasteiger partial charge in [-0.25, -0.2) is 9.07 Å². The summed E-state index contributed by atoms with van der Waals surface area (Å²) in [5.74, 6) is -0.738. The molecular weight excluding hydrogens is 451 g/mol. The molecule has 0 saturated heterocycles. The summed E-state index contributed by atoms with van der Waals surface area (Å²) < 4.78 is 15.2. The summed E-state index contributed by atoms with van der Waals surface area (Å²) in [6, 6.07) is 23.3. The van der Waals surface area contributed by atoms with Gasteiger partial charge in [0.25, 0.3) is 0 Å². The van der Waals surface area contributed by atoms with Gasteiger partial charge in [0.15, 0.2) is 0 Å². The molecule has 3 aromatic carbocycles. The molecule has 1 aliphatic rings. The number of hydrogen-bond acceptors (Lipinski definition) is 4. The molecular formula is C26H21FN4O2S. The van der Waals surface area contributed by atoms with E-state index in [2.05, 4.69) is 15.7 Å². The third-order valence-corrected chi connectivity index (χ3v) is 6.76. The van der Waals surface area contributed by atoms with E-state index in [9.17, 15) is 14.0 Å². The van der Waals surface area contributed by atoms with Gasteiger partial charge in [-0.1, -0.05) is 30.3 Å². The molecule has 6 nitrogen and oxygen atoms in total. The molecule has 1 aromatic heterocycles. The molecule has 2 heterocycles. The molecule has 170 valence electrons. The normalized spacial score (nSPS) is 14.9. The van der Waals surface area contributed by atoms with Crippen LogP contribution in [0.3, 0.4) is 0 Å². The second-order valence-electron chi connectivity index (χ2n) is 7.86. The van der Waals surface area contributed by atoms with Crippen LogP contribution in [0.2, 0.25) is 0 Å². The molecule has 4 aromatic rings. The molecule has 0 fully saturated rings. The van der Waals surface area contributed by atoms with E-state index in [1.165, 1.54) is 23.9 Å². The number of benzene rings is 3. The van der Waals surface area contributed by atoms with Crippen LogP contribution in [0, 0.1) is 5.82 Å². The summed E-state index contributed by atoms with van der Waals surface area (Å²) in [6.45, 7) is 0.230. The Kier molecular flexibility index (Phi) is 6.14. The number of nitrogens with zero attached hydrogens (tertiary/aromatic N) is 2. The fraction of sp³-hybridized carbons (Fsp3) is 0.115. The maximum atomic E-state index is 13.5. The number of nitrogens with one attached hydrogen (secondary N) is 2. The molecule has 1 aliphatic heterocycles. The van der Waals surface area contributed by atoms with E-state index in [1.54, 1.807) is 16.8 Å². The van der Waals surface area contributed by atoms with Crippen LogP contribution in [0.1, 0.15) is 12.0 Å². The van der Waals surface area contributed by atoms with Crippen molar-refractivity contribution < 1.29 is 14.0 Å². The average Bonchev–Trinajstić information content (AvgIpc) is 3.28. The lowest BCUT2D eigenvalue weighted by Crippen LogP contribution is -2.34. The highest BCUT2D eigenvalue weighted by molar-refractivity contribution is 8.01. The first-order valence-electron chi connectivity index (χ1n) is 10.8. The monoisotopic (exact) mass is 472 g/mol. The van der Waals surface area contributed by atoms with Crippen LogP contribution in [0.5, 0.6) is 0 Å². The Bertz CT molecular complexity index is 1340. The van der Waals surface area contributed by atoms with Gasteiger partial charge >= 0.3 is 0 Å². The summed E-state index contributed by atoms with van der Waals surface area (Å²) >= 11 is 1.39. The Balaban J connectivity index is 1.32. The highest BCUT2D eigenvalue weighted by atomic mass is 32.2. The summed E-state index contributed by atoms with van der Waals surface area (Å²) in [6.07, 6.45) is 1.91. The lowest BCUT2D eigenvalue weighted by atomic mass is 10.1. The van der Waals surface area contributed by atoms with E-state index in [1.807, 2.05) is 60.8 Å². The molecule has 1 atom stereocenters. The number of para-hydroxylation sites is 2. The van der Waals surface area contributed by atoms with Crippen molar-refractivity contribution in [3.63, 3.8) is 0 Å². The van der Waals surface area contributed by atoms with Crippen LogP contribution >= 0.6 is 11.8 Å². The smallest absolute Gasteiger partial charge is 0.238 e. The first-order valence-corrected chi connectivity index (χ1v) is 11.7. The van der Waals surface area contributed by atoms with Gasteiger partial charge in [-0.05, 0) is 48.5 Å². The van der Waals surface area contributed by atoms with Crippen molar-refractivity contribution in [1.82, 2.24) is 15.1 Å². The minimum Gasteiger partial charge on any atom is -0.352 e. The van der Waals surface area contributed by atoms with E-state index in [0.29, 0.717) is 5.69 Å². The largest absolute Gasteiger partial charge is 0.352 e. The zero-order chi connectivity index (χ0) is 23.5. The predicted molar refractivity (Wildman–Crippen MR) is 130 cm³/mol. The Morgan fingerprint density at radius 2 is 1.76 bits per heavy atom. The fourth-order valence-electron chi connectivity index (χ4n) is 3.76. The summed E-state index contributed by atoms with van der Waals surface area (Å²) in [7, 11) is 0. The number of thioether (sulfide) groups is 1. The number of amides is 2. The Morgan fingerprint density at radius 3 is 2.56 bits per heavy atom. The van der Waals surface area contributed by atoms with Crippen molar-refractivity contribution in [2.24, 2.45) is 0 Å². The van der Waals surface area contributed by atoms with Crippen LogP contribution in [-0.2, 0) is 16.1 Å². The van der Waals surface area contributed by atoms with Crippen LogP contribution in [0.15, 0.2) is 90.0 Å². The molecule has 5 rings (SSSR count). The highest BCUT2D eigenvalue weighted by Crippen LogP contribution is 2.36. The third-order valence-electron chi connectivity index (χ3n) is 5.48. The van der Waals surface area contributed by atoms with Gasteiger partial charge in [0.05, 0.1) is 22.3 Å². The van der Waals surface area contributed by atoms with Crippen molar-refractivity contribution in [2.45, 2.75) is 23.1 Å². The first kappa shape index (κ1) is 21.9.